The number of nitrogens with two attached hydrogens (primary N) is 1. The number of aromatic nitrogens is 3. The van der Waals surface area contributed by atoms with Crippen LogP contribution in [-0.4, -0.2) is 57.7 Å². The molecule has 0 aromatic carbocycles. The van der Waals surface area contributed by atoms with Crippen LogP contribution in [0.2, 0.25) is 0 Å². The van der Waals surface area contributed by atoms with Gasteiger partial charge in [-0.1, -0.05) is 0 Å². The average Bonchev–Trinajstić information content (AvgIpc) is 2.60. The summed E-state index contributed by atoms with van der Waals surface area (Å²) in [5, 5.41) is -0.380. The van der Waals surface area contributed by atoms with Crippen LogP contribution in [0.5, 0.6) is 11.8 Å². The van der Waals surface area contributed by atoms with Gasteiger partial charge < -0.3 is 20.1 Å². The predicted molar refractivity (Wildman–Crippen MR) is 92.9 cm³/mol. The molecule has 11 nitrogen and oxygen atoms in total. The maximum Gasteiger partial charge on any atom is 0.336 e. The van der Waals surface area contributed by atoms with Gasteiger partial charge in [0.15, 0.2) is 5.03 Å². The van der Waals surface area contributed by atoms with E-state index in [1.165, 1.54) is 37.4 Å². The molecule has 0 radical (unpaired) electrons. The number of ether oxygens (including phenoxy) is 2. The van der Waals surface area contributed by atoms with Crippen molar-refractivity contribution in [3.05, 3.63) is 24.4 Å². The first-order valence-corrected chi connectivity index (χ1v) is 8.60. The zero-order valence-electron chi connectivity index (χ0n) is 14.6. The Kier molecular flexibility index (Phi) is 5.45. The van der Waals surface area contributed by atoms with Gasteiger partial charge in [0.1, 0.15) is 0 Å². The highest BCUT2D eigenvalue weighted by Crippen LogP contribution is 2.28. The van der Waals surface area contributed by atoms with E-state index >= 15 is 0 Å². The topological polar surface area (TPSA) is 141 Å². The second-order valence-corrected chi connectivity index (χ2v) is 6.78. The van der Waals surface area contributed by atoms with Gasteiger partial charge in [-0.15, -0.1) is 4.31 Å². The zero-order valence-corrected chi connectivity index (χ0v) is 15.4. The number of pyridine rings is 1. The van der Waals surface area contributed by atoms with Crippen molar-refractivity contribution in [3.63, 3.8) is 0 Å². The Bertz CT molecular complexity index is 896. The van der Waals surface area contributed by atoms with Crippen molar-refractivity contribution < 1.29 is 22.7 Å². The lowest BCUT2D eigenvalue weighted by Crippen LogP contribution is -2.42. The molecular weight excluding hydrogens is 364 g/mol. The van der Waals surface area contributed by atoms with Crippen molar-refractivity contribution in [2.24, 2.45) is 5.73 Å². The van der Waals surface area contributed by atoms with Crippen LogP contribution >= 0.6 is 0 Å². The van der Waals surface area contributed by atoms with E-state index in [0.717, 1.165) is 0 Å². The Morgan fingerprint density at radius 1 is 1.15 bits per heavy atom. The van der Waals surface area contributed by atoms with Crippen LogP contribution in [0.3, 0.4) is 0 Å². The third kappa shape index (κ3) is 3.59. The number of amides is 2. The van der Waals surface area contributed by atoms with E-state index in [9.17, 15) is 13.2 Å². The summed E-state index contributed by atoms with van der Waals surface area (Å²) >= 11 is 0. The normalized spacial score (nSPS) is 10.9. The minimum atomic E-state index is -4.51. The number of hydrogen-bond acceptors (Lipinski definition) is 9. The molecule has 2 aromatic rings. The number of sulfonamides is 1. The van der Waals surface area contributed by atoms with E-state index < -0.39 is 22.0 Å². The molecule has 140 valence electrons. The lowest BCUT2D eigenvalue weighted by molar-refractivity contribution is 0.256. The van der Waals surface area contributed by atoms with Crippen molar-refractivity contribution in [3.8, 4) is 11.8 Å². The van der Waals surface area contributed by atoms with Crippen LogP contribution in [0, 0.1) is 0 Å². The van der Waals surface area contributed by atoms with E-state index in [2.05, 4.69) is 15.0 Å². The van der Waals surface area contributed by atoms with Crippen LogP contribution in [-0.2, 0) is 10.0 Å². The quantitative estimate of drug-likeness (QED) is 0.743. The molecule has 0 spiro atoms. The molecule has 26 heavy (non-hydrogen) atoms. The number of primary amides is 1. The standard InChI is InChI=1S/C14H18N6O5S/c1-19(2)9-6-5-7-16-12(9)26(22,23)20(13(15)21)14-17-10(24-3)8-11(18-14)25-4/h5-8H,1-4H3,(H2,15,21). The molecule has 2 aromatic heterocycles. The monoisotopic (exact) mass is 382 g/mol. The van der Waals surface area contributed by atoms with E-state index in [4.69, 9.17) is 15.2 Å². The summed E-state index contributed by atoms with van der Waals surface area (Å²) in [5.41, 5.74) is 5.56. The fraction of sp³-hybridized carbons (Fsp3) is 0.286. The Hall–Kier alpha value is -3.15. The van der Waals surface area contributed by atoms with Gasteiger partial charge in [-0.05, 0) is 12.1 Å². The highest BCUT2D eigenvalue weighted by atomic mass is 32.2. The molecule has 0 aliphatic heterocycles. The van der Waals surface area contributed by atoms with Crippen molar-refractivity contribution >= 4 is 27.7 Å². The van der Waals surface area contributed by atoms with Crippen molar-refractivity contribution in [2.45, 2.75) is 5.03 Å². The summed E-state index contributed by atoms with van der Waals surface area (Å²) in [7, 11) is 1.39. The second kappa shape index (κ2) is 7.39. The molecule has 0 bridgehead atoms. The number of anilines is 2. The first-order chi connectivity index (χ1) is 12.2. The number of carbonyl (C=O) groups is 1. The van der Waals surface area contributed by atoms with Gasteiger partial charge in [-0.25, -0.2) is 9.78 Å². The Balaban J connectivity index is 2.70. The SMILES string of the molecule is COc1cc(OC)nc(N(C(N)=O)S(=O)(=O)c2ncccc2N(C)C)n1. The third-order valence-corrected chi connectivity index (χ3v) is 4.81. The summed E-state index contributed by atoms with van der Waals surface area (Å²) in [6.07, 6.45) is 1.28. The summed E-state index contributed by atoms with van der Waals surface area (Å²) < 4.78 is 36.3. The molecule has 0 saturated heterocycles. The molecule has 0 aliphatic carbocycles. The maximum atomic E-state index is 13.1. The van der Waals surface area contributed by atoms with Gasteiger partial charge >= 0.3 is 6.03 Å². The minimum Gasteiger partial charge on any atom is -0.481 e. The van der Waals surface area contributed by atoms with E-state index in [1.807, 2.05) is 0 Å². The lowest BCUT2D eigenvalue weighted by Gasteiger charge is -2.22. The van der Waals surface area contributed by atoms with Gasteiger partial charge in [0.2, 0.25) is 11.8 Å². The van der Waals surface area contributed by atoms with Crippen LogP contribution in [0.25, 0.3) is 0 Å². The first-order valence-electron chi connectivity index (χ1n) is 7.16. The minimum absolute atomic E-state index is 0.0119. The number of hydrogen-bond donors (Lipinski definition) is 1. The van der Waals surface area contributed by atoms with E-state index in [0.29, 0.717) is 0 Å². The number of methoxy groups -OCH3 is 2. The molecular formula is C14H18N6O5S. The first kappa shape index (κ1) is 19.2. The van der Waals surface area contributed by atoms with Crippen LogP contribution in [0.4, 0.5) is 16.4 Å². The molecule has 0 saturated carbocycles. The van der Waals surface area contributed by atoms with Gasteiger partial charge in [0.05, 0.1) is 26.0 Å². The molecule has 0 atom stereocenters. The van der Waals surface area contributed by atoms with E-state index in [1.54, 1.807) is 20.2 Å². The summed E-state index contributed by atoms with van der Waals surface area (Å²) in [5.74, 6) is -0.548. The predicted octanol–water partition coefficient (Wildman–Crippen LogP) is 0.229. The average molecular weight is 382 g/mol. The molecule has 2 heterocycles. The van der Waals surface area contributed by atoms with Crippen molar-refractivity contribution in [2.75, 3.05) is 37.5 Å². The fourth-order valence-corrected chi connectivity index (χ4v) is 3.44. The molecule has 2 N–H and O–H groups in total. The smallest absolute Gasteiger partial charge is 0.336 e. The highest BCUT2D eigenvalue weighted by Gasteiger charge is 2.36. The van der Waals surface area contributed by atoms with Crippen LogP contribution in [0.1, 0.15) is 0 Å². The highest BCUT2D eigenvalue weighted by molar-refractivity contribution is 7.93. The molecule has 2 amide bonds. The van der Waals surface area contributed by atoms with E-state index in [-0.39, 0.29) is 26.8 Å². The molecule has 2 rings (SSSR count). The largest absolute Gasteiger partial charge is 0.481 e. The summed E-state index contributed by atoms with van der Waals surface area (Å²) in [6, 6.07) is 3.11. The maximum absolute atomic E-state index is 13.1. The van der Waals surface area contributed by atoms with Gasteiger partial charge in [0, 0.05) is 20.3 Å². The number of nitrogens with zero attached hydrogens (tertiary/aromatic N) is 5. The van der Waals surface area contributed by atoms with Crippen LogP contribution < -0.4 is 24.4 Å². The van der Waals surface area contributed by atoms with Crippen molar-refractivity contribution in [1.29, 1.82) is 0 Å². The van der Waals surface area contributed by atoms with Gasteiger partial charge in [0.25, 0.3) is 16.0 Å². The van der Waals surface area contributed by atoms with Gasteiger partial charge in [-0.3, -0.25) is 0 Å². The van der Waals surface area contributed by atoms with Crippen molar-refractivity contribution in [1.82, 2.24) is 15.0 Å². The lowest BCUT2D eigenvalue weighted by atomic mass is 10.4. The second-order valence-electron chi connectivity index (χ2n) is 5.08. The molecule has 0 fully saturated rings. The third-order valence-electron chi connectivity index (χ3n) is 3.18. The molecule has 0 aliphatic rings. The van der Waals surface area contributed by atoms with Gasteiger partial charge in [-0.2, -0.15) is 18.4 Å². The summed E-state index contributed by atoms with van der Waals surface area (Å²) in [4.78, 5) is 25.1. The Labute approximate surface area is 150 Å². The number of carbonyl (C=O) groups excluding carboxylic acids is 1. The zero-order chi connectivity index (χ0) is 19.5. The Morgan fingerprint density at radius 2 is 1.73 bits per heavy atom. The Morgan fingerprint density at radius 3 is 2.19 bits per heavy atom. The number of rotatable bonds is 6. The molecule has 12 heteroatoms. The number of urea groups is 1. The fourth-order valence-electron chi connectivity index (χ4n) is 2.02. The van der Waals surface area contributed by atoms with Crippen LogP contribution in [0.15, 0.2) is 29.4 Å². The molecule has 0 unspecified atom stereocenters. The summed E-state index contributed by atoms with van der Waals surface area (Å²) in [6.45, 7) is 0.